The number of hydrogen-bond donors (Lipinski definition) is 1. The van der Waals surface area contributed by atoms with Crippen LogP contribution in [0, 0.1) is 5.92 Å². The Hall–Kier alpha value is -1.26. The number of carbonyl (C=O) groups is 2. The van der Waals surface area contributed by atoms with Crippen molar-refractivity contribution in [3.63, 3.8) is 0 Å². The van der Waals surface area contributed by atoms with Crippen LogP contribution in [0.5, 0.6) is 0 Å². The van der Waals surface area contributed by atoms with E-state index in [0.29, 0.717) is 6.04 Å². The summed E-state index contributed by atoms with van der Waals surface area (Å²) in [6, 6.07) is 0.460. The molecule has 14 heavy (non-hydrogen) atoms. The lowest BCUT2D eigenvalue weighted by molar-refractivity contribution is -0.129. The molecule has 2 fully saturated rings. The van der Waals surface area contributed by atoms with Gasteiger partial charge in [-0.3, -0.25) is 4.79 Å². The summed E-state index contributed by atoms with van der Waals surface area (Å²) in [7, 11) is 1.28. The summed E-state index contributed by atoms with van der Waals surface area (Å²) in [6.07, 6.45) is 1.71. The first-order chi connectivity index (χ1) is 6.72. The number of fused-ring (bicyclic) bond motifs is 1. The molecule has 0 bridgehead atoms. The molecule has 0 aromatic carbocycles. The fraction of sp³-hybridized carbons (Fsp3) is 0.778. The van der Waals surface area contributed by atoms with Gasteiger partial charge in [0.15, 0.2) is 0 Å². The second-order valence-corrected chi connectivity index (χ2v) is 3.78. The maximum absolute atomic E-state index is 11.6. The molecule has 2 amide bonds. The van der Waals surface area contributed by atoms with Gasteiger partial charge in [-0.15, -0.1) is 0 Å². The zero-order chi connectivity index (χ0) is 10.1. The van der Waals surface area contributed by atoms with Crippen molar-refractivity contribution in [2.24, 2.45) is 5.92 Å². The van der Waals surface area contributed by atoms with Gasteiger partial charge < -0.3 is 15.0 Å². The molecule has 78 valence electrons. The Balaban J connectivity index is 1.75. The highest BCUT2D eigenvalue weighted by Gasteiger charge is 2.48. The first kappa shape index (κ1) is 9.30. The minimum Gasteiger partial charge on any atom is -0.453 e. The highest BCUT2D eigenvalue weighted by atomic mass is 16.5. The monoisotopic (exact) mass is 198 g/mol. The van der Waals surface area contributed by atoms with E-state index in [4.69, 9.17) is 0 Å². The molecule has 2 aliphatic rings. The van der Waals surface area contributed by atoms with Crippen molar-refractivity contribution in [1.82, 2.24) is 10.2 Å². The molecule has 0 aromatic heterocycles. The fourth-order valence-corrected chi connectivity index (χ4v) is 2.03. The van der Waals surface area contributed by atoms with E-state index < -0.39 is 6.09 Å². The zero-order valence-electron chi connectivity index (χ0n) is 8.16. The minimum atomic E-state index is -0.551. The van der Waals surface area contributed by atoms with E-state index in [-0.39, 0.29) is 12.5 Å². The largest absolute Gasteiger partial charge is 0.453 e. The topological polar surface area (TPSA) is 58.6 Å². The highest BCUT2D eigenvalue weighted by molar-refractivity contribution is 5.83. The van der Waals surface area contributed by atoms with E-state index in [1.54, 1.807) is 0 Å². The van der Waals surface area contributed by atoms with Gasteiger partial charge in [-0.2, -0.15) is 0 Å². The number of nitrogens with zero attached hydrogens (tertiary/aromatic N) is 1. The lowest BCUT2D eigenvalue weighted by atomic mass is 10.3. The second kappa shape index (κ2) is 3.48. The Morgan fingerprint density at radius 3 is 2.86 bits per heavy atom. The number of piperidine rings is 1. The minimum absolute atomic E-state index is 0.000370. The second-order valence-electron chi connectivity index (χ2n) is 3.78. The van der Waals surface area contributed by atoms with E-state index in [1.807, 2.05) is 4.90 Å². The molecule has 1 aliphatic heterocycles. The lowest BCUT2D eigenvalue weighted by Gasteiger charge is -2.17. The number of hydrogen-bond acceptors (Lipinski definition) is 3. The molecule has 5 nitrogen and oxygen atoms in total. The van der Waals surface area contributed by atoms with E-state index in [0.717, 1.165) is 25.3 Å². The molecule has 0 aromatic rings. The van der Waals surface area contributed by atoms with Crippen LogP contribution in [0.2, 0.25) is 0 Å². The molecule has 0 radical (unpaired) electrons. The SMILES string of the molecule is COC(=O)NCC(=O)N1CCC2CC21. The summed E-state index contributed by atoms with van der Waals surface area (Å²) in [5.74, 6) is 0.734. The molecule has 5 heteroatoms. The molecule has 2 unspecified atom stereocenters. The number of rotatable bonds is 2. The van der Waals surface area contributed by atoms with Crippen LogP contribution in [0.25, 0.3) is 0 Å². The van der Waals surface area contributed by atoms with Crippen molar-refractivity contribution >= 4 is 12.0 Å². The van der Waals surface area contributed by atoms with Gasteiger partial charge in [-0.25, -0.2) is 4.79 Å². The predicted octanol–water partition coefficient (Wildman–Crippen LogP) is -0.0368. The van der Waals surface area contributed by atoms with Crippen LogP contribution in [0.1, 0.15) is 12.8 Å². The zero-order valence-corrected chi connectivity index (χ0v) is 8.16. The number of alkyl carbamates (subject to hydrolysis) is 1. The summed E-state index contributed by atoms with van der Waals surface area (Å²) in [6.45, 7) is 0.896. The molecule has 2 rings (SSSR count). The average molecular weight is 198 g/mol. The van der Waals surface area contributed by atoms with Gasteiger partial charge in [0, 0.05) is 12.6 Å². The standard InChI is InChI=1S/C9H14N2O3/c1-14-9(13)10-5-8(12)11-3-2-6-4-7(6)11/h6-7H,2-5H2,1H3,(H,10,13). The third-order valence-corrected chi connectivity index (χ3v) is 2.92. The average Bonchev–Trinajstić information content (AvgIpc) is 2.86. The molecular formula is C9H14N2O3. The smallest absolute Gasteiger partial charge is 0.407 e. The van der Waals surface area contributed by atoms with Crippen LogP contribution in [-0.4, -0.2) is 43.1 Å². The number of nitrogens with one attached hydrogen (secondary N) is 1. The normalized spacial score (nSPS) is 28.2. The van der Waals surface area contributed by atoms with Crippen LogP contribution in [0.4, 0.5) is 4.79 Å². The summed E-state index contributed by atoms with van der Waals surface area (Å²) < 4.78 is 4.38. The van der Waals surface area contributed by atoms with Gasteiger partial charge in [0.25, 0.3) is 0 Å². The molecule has 1 aliphatic carbocycles. The van der Waals surface area contributed by atoms with E-state index in [9.17, 15) is 9.59 Å². The number of likely N-dealkylation sites (tertiary alicyclic amines) is 1. The lowest BCUT2D eigenvalue weighted by Crippen LogP contribution is -2.40. The van der Waals surface area contributed by atoms with E-state index >= 15 is 0 Å². The Kier molecular flexibility index (Phi) is 2.31. The number of carbonyl (C=O) groups excluding carboxylic acids is 2. The van der Waals surface area contributed by atoms with E-state index in [1.165, 1.54) is 7.11 Å². The Morgan fingerprint density at radius 1 is 1.57 bits per heavy atom. The summed E-state index contributed by atoms with van der Waals surface area (Å²) >= 11 is 0. The molecular weight excluding hydrogens is 184 g/mol. The quantitative estimate of drug-likeness (QED) is 0.677. The molecule has 2 atom stereocenters. The van der Waals surface area contributed by atoms with Crippen LogP contribution >= 0.6 is 0 Å². The Labute approximate surface area is 82.4 Å². The van der Waals surface area contributed by atoms with Crippen LogP contribution in [0.15, 0.2) is 0 Å². The third kappa shape index (κ3) is 1.66. The first-order valence-corrected chi connectivity index (χ1v) is 4.83. The van der Waals surface area contributed by atoms with Crippen molar-refractivity contribution in [3.05, 3.63) is 0 Å². The van der Waals surface area contributed by atoms with Crippen LogP contribution in [0.3, 0.4) is 0 Å². The van der Waals surface area contributed by atoms with E-state index in [2.05, 4.69) is 10.1 Å². The van der Waals surface area contributed by atoms with Crippen LogP contribution < -0.4 is 5.32 Å². The van der Waals surface area contributed by atoms with Gasteiger partial charge in [-0.05, 0) is 18.8 Å². The molecule has 1 N–H and O–H groups in total. The maximum Gasteiger partial charge on any atom is 0.407 e. The van der Waals surface area contributed by atoms with Crippen molar-refractivity contribution < 1.29 is 14.3 Å². The summed E-state index contributed by atoms with van der Waals surface area (Å²) in [5.41, 5.74) is 0. The number of amides is 2. The predicted molar refractivity (Wildman–Crippen MR) is 48.6 cm³/mol. The number of ether oxygens (including phenoxy) is 1. The highest BCUT2D eigenvalue weighted by Crippen LogP contribution is 2.44. The Bertz CT molecular complexity index is 267. The fourth-order valence-electron chi connectivity index (χ4n) is 2.03. The summed E-state index contributed by atoms with van der Waals surface area (Å²) in [5, 5.41) is 2.40. The third-order valence-electron chi connectivity index (χ3n) is 2.92. The van der Waals surface area contributed by atoms with Crippen molar-refractivity contribution in [2.45, 2.75) is 18.9 Å². The van der Waals surface area contributed by atoms with Gasteiger partial charge >= 0.3 is 6.09 Å². The molecule has 0 spiro atoms. The van der Waals surface area contributed by atoms with Gasteiger partial charge in [0.2, 0.25) is 5.91 Å². The van der Waals surface area contributed by atoms with Crippen molar-refractivity contribution in [3.8, 4) is 0 Å². The maximum atomic E-state index is 11.6. The van der Waals surface area contributed by atoms with Gasteiger partial charge in [0.1, 0.15) is 6.54 Å². The van der Waals surface area contributed by atoms with Gasteiger partial charge in [-0.1, -0.05) is 0 Å². The van der Waals surface area contributed by atoms with Crippen molar-refractivity contribution in [1.29, 1.82) is 0 Å². The first-order valence-electron chi connectivity index (χ1n) is 4.83. The number of methoxy groups -OCH3 is 1. The Morgan fingerprint density at radius 2 is 2.36 bits per heavy atom. The molecule has 1 heterocycles. The molecule has 1 saturated carbocycles. The molecule has 1 saturated heterocycles. The van der Waals surface area contributed by atoms with Crippen molar-refractivity contribution in [2.75, 3.05) is 20.2 Å². The summed E-state index contributed by atoms with van der Waals surface area (Å²) in [4.78, 5) is 24.1. The van der Waals surface area contributed by atoms with Crippen LogP contribution in [-0.2, 0) is 9.53 Å². The van der Waals surface area contributed by atoms with Gasteiger partial charge in [0.05, 0.1) is 7.11 Å².